The summed E-state index contributed by atoms with van der Waals surface area (Å²) >= 11 is 0. The van der Waals surface area contributed by atoms with Crippen LogP contribution in [0.5, 0.6) is 0 Å². The third-order valence-electron chi connectivity index (χ3n) is 6.20. The van der Waals surface area contributed by atoms with Crippen LogP contribution in [-0.4, -0.2) is 58.9 Å². The van der Waals surface area contributed by atoms with Crippen LogP contribution in [0.3, 0.4) is 0 Å². The molecule has 1 saturated heterocycles. The van der Waals surface area contributed by atoms with E-state index in [0.29, 0.717) is 48.6 Å². The smallest absolute Gasteiger partial charge is 0.277 e. The van der Waals surface area contributed by atoms with Crippen LogP contribution in [0, 0.1) is 5.92 Å². The number of nitrogens with one attached hydrogen (secondary N) is 1. The summed E-state index contributed by atoms with van der Waals surface area (Å²) in [6.07, 6.45) is 2.34. The molecule has 0 radical (unpaired) electrons. The summed E-state index contributed by atoms with van der Waals surface area (Å²) in [5.41, 5.74) is 3.14. The van der Waals surface area contributed by atoms with Crippen LogP contribution in [0.15, 0.2) is 60.3 Å². The highest BCUT2D eigenvalue weighted by Gasteiger charge is 2.42. The van der Waals surface area contributed by atoms with Crippen LogP contribution in [0.4, 0.5) is 5.69 Å². The molecule has 0 aromatic heterocycles. The number of anilines is 1. The number of hydrogen-bond donors (Lipinski definition) is 2. The minimum atomic E-state index is -0.302. The van der Waals surface area contributed by atoms with Gasteiger partial charge in [-0.25, -0.2) is 0 Å². The Morgan fingerprint density at radius 3 is 2.45 bits per heavy atom. The average Bonchev–Trinajstić information content (AvgIpc) is 3.08. The van der Waals surface area contributed by atoms with Crippen LogP contribution in [-0.2, 0) is 20.8 Å². The number of amides is 3. The molecule has 1 unspecified atom stereocenters. The predicted octanol–water partition coefficient (Wildman–Crippen LogP) is 2.67. The SMILES string of the molecule is CC(=O)Nc1ccc(C2=C(N3CCCC(CO)C3)C(=O)N(CCc3ccccc3)C2=O)cc1. The highest BCUT2D eigenvalue weighted by molar-refractivity contribution is 6.35. The van der Waals surface area contributed by atoms with Crippen molar-refractivity contribution in [3.05, 3.63) is 71.4 Å². The molecule has 7 heteroatoms. The molecule has 0 saturated carbocycles. The third-order valence-corrected chi connectivity index (χ3v) is 6.20. The van der Waals surface area contributed by atoms with Gasteiger partial charge in [-0.3, -0.25) is 19.3 Å². The molecule has 33 heavy (non-hydrogen) atoms. The molecule has 2 aromatic carbocycles. The molecule has 1 fully saturated rings. The fourth-order valence-electron chi connectivity index (χ4n) is 4.55. The molecule has 3 amide bonds. The molecule has 172 valence electrons. The summed E-state index contributed by atoms with van der Waals surface area (Å²) in [7, 11) is 0. The lowest BCUT2D eigenvalue weighted by Crippen LogP contribution is -2.41. The lowest BCUT2D eigenvalue weighted by molar-refractivity contribution is -0.137. The van der Waals surface area contributed by atoms with Crippen molar-refractivity contribution in [3.63, 3.8) is 0 Å². The van der Waals surface area contributed by atoms with Gasteiger partial charge in [-0.2, -0.15) is 0 Å². The van der Waals surface area contributed by atoms with E-state index in [1.165, 1.54) is 11.8 Å². The molecule has 0 spiro atoms. The molecule has 2 aliphatic rings. The molecule has 2 N–H and O–H groups in total. The molecule has 2 aliphatic heterocycles. The minimum absolute atomic E-state index is 0.0599. The summed E-state index contributed by atoms with van der Waals surface area (Å²) in [5.74, 6) is -0.680. The van der Waals surface area contributed by atoms with Gasteiger partial charge in [0.05, 0.1) is 5.57 Å². The van der Waals surface area contributed by atoms with Crippen molar-refractivity contribution in [2.75, 3.05) is 31.6 Å². The quantitative estimate of drug-likeness (QED) is 0.637. The van der Waals surface area contributed by atoms with E-state index >= 15 is 0 Å². The van der Waals surface area contributed by atoms with Crippen molar-refractivity contribution in [1.82, 2.24) is 9.80 Å². The number of benzene rings is 2. The zero-order chi connectivity index (χ0) is 23.4. The standard InChI is InChI=1S/C26H29N3O4/c1-18(31)27-22-11-9-21(10-12-22)23-24(28-14-5-8-20(16-28)17-30)26(33)29(25(23)32)15-13-19-6-3-2-4-7-19/h2-4,6-7,9-12,20,30H,5,8,13-17H2,1H3,(H,27,31). The summed E-state index contributed by atoms with van der Waals surface area (Å²) in [4.78, 5) is 41.7. The second-order valence-electron chi connectivity index (χ2n) is 8.62. The first-order valence-corrected chi connectivity index (χ1v) is 11.4. The number of imide groups is 1. The van der Waals surface area contributed by atoms with Crippen molar-refractivity contribution in [2.45, 2.75) is 26.2 Å². The molecule has 0 aliphatic carbocycles. The largest absolute Gasteiger partial charge is 0.396 e. The van der Waals surface area contributed by atoms with E-state index in [0.717, 1.165) is 18.4 Å². The number of aliphatic hydroxyl groups excluding tert-OH is 1. The molecule has 4 rings (SSSR count). The Kier molecular flexibility index (Phi) is 6.89. The van der Waals surface area contributed by atoms with E-state index in [1.54, 1.807) is 24.3 Å². The summed E-state index contributed by atoms with van der Waals surface area (Å²) in [5, 5.41) is 12.4. The van der Waals surface area contributed by atoms with Gasteiger partial charge >= 0.3 is 0 Å². The van der Waals surface area contributed by atoms with Crippen molar-refractivity contribution in [1.29, 1.82) is 0 Å². The lowest BCUT2D eigenvalue weighted by Gasteiger charge is -2.34. The van der Waals surface area contributed by atoms with Crippen LogP contribution in [0.1, 0.15) is 30.9 Å². The van der Waals surface area contributed by atoms with E-state index in [1.807, 2.05) is 35.2 Å². The van der Waals surface area contributed by atoms with Crippen molar-refractivity contribution >= 4 is 29.0 Å². The van der Waals surface area contributed by atoms with E-state index < -0.39 is 0 Å². The number of piperidine rings is 1. The van der Waals surface area contributed by atoms with Crippen molar-refractivity contribution in [3.8, 4) is 0 Å². The second kappa shape index (κ2) is 10.0. The monoisotopic (exact) mass is 447 g/mol. The topological polar surface area (TPSA) is 90.0 Å². The maximum Gasteiger partial charge on any atom is 0.277 e. The number of likely N-dealkylation sites (tertiary alicyclic amines) is 1. The first kappa shape index (κ1) is 22.7. The van der Waals surface area contributed by atoms with Gasteiger partial charge < -0.3 is 15.3 Å². The fraction of sp³-hybridized carbons (Fsp3) is 0.346. The highest BCUT2D eigenvalue weighted by atomic mass is 16.3. The zero-order valence-electron chi connectivity index (χ0n) is 18.8. The maximum absolute atomic E-state index is 13.5. The third kappa shape index (κ3) is 4.98. The Hall–Kier alpha value is -3.45. The number of nitrogens with zero attached hydrogens (tertiary/aromatic N) is 2. The molecule has 2 aromatic rings. The Morgan fingerprint density at radius 1 is 1.06 bits per heavy atom. The van der Waals surface area contributed by atoms with Crippen LogP contribution in [0.25, 0.3) is 5.57 Å². The van der Waals surface area contributed by atoms with Crippen LogP contribution in [0.2, 0.25) is 0 Å². The maximum atomic E-state index is 13.5. The van der Waals surface area contributed by atoms with E-state index in [9.17, 15) is 19.5 Å². The Balaban J connectivity index is 1.65. The number of carbonyl (C=O) groups excluding carboxylic acids is 3. The Morgan fingerprint density at radius 2 is 1.79 bits per heavy atom. The van der Waals surface area contributed by atoms with Gasteiger partial charge in [-0.05, 0) is 48.4 Å². The van der Waals surface area contributed by atoms with Gasteiger partial charge in [0.15, 0.2) is 0 Å². The molecule has 1 atom stereocenters. The fourth-order valence-corrected chi connectivity index (χ4v) is 4.55. The van der Waals surface area contributed by atoms with E-state index in [-0.39, 0.29) is 30.2 Å². The zero-order valence-corrected chi connectivity index (χ0v) is 18.8. The average molecular weight is 448 g/mol. The Labute approximate surface area is 193 Å². The second-order valence-corrected chi connectivity index (χ2v) is 8.62. The highest BCUT2D eigenvalue weighted by Crippen LogP contribution is 2.34. The number of rotatable bonds is 7. The van der Waals surface area contributed by atoms with Gasteiger partial charge in [0.25, 0.3) is 11.8 Å². The summed E-state index contributed by atoms with van der Waals surface area (Å²) in [6.45, 7) is 3.02. The van der Waals surface area contributed by atoms with Crippen LogP contribution < -0.4 is 5.32 Å². The van der Waals surface area contributed by atoms with Gasteiger partial charge in [-0.15, -0.1) is 0 Å². The summed E-state index contributed by atoms with van der Waals surface area (Å²) in [6, 6.07) is 16.8. The Bertz CT molecular complexity index is 1060. The normalized spacial score (nSPS) is 18.8. The van der Waals surface area contributed by atoms with Gasteiger partial charge in [0.2, 0.25) is 5.91 Å². The summed E-state index contributed by atoms with van der Waals surface area (Å²) < 4.78 is 0. The first-order chi connectivity index (χ1) is 16.0. The van der Waals surface area contributed by atoms with E-state index in [2.05, 4.69) is 5.32 Å². The number of carbonyl (C=O) groups is 3. The predicted molar refractivity (Wildman–Crippen MR) is 126 cm³/mol. The molecule has 0 bridgehead atoms. The molecular formula is C26H29N3O4. The van der Waals surface area contributed by atoms with Gasteiger partial charge in [0, 0.05) is 38.9 Å². The van der Waals surface area contributed by atoms with Crippen molar-refractivity contribution < 1.29 is 19.5 Å². The lowest BCUT2D eigenvalue weighted by atomic mass is 9.97. The van der Waals surface area contributed by atoms with Gasteiger partial charge in [0.1, 0.15) is 5.70 Å². The van der Waals surface area contributed by atoms with Gasteiger partial charge in [-0.1, -0.05) is 42.5 Å². The number of hydrogen-bond acceptors (Lipinski definition) is 5. The van der Waals surface area contributed by atoms with Crippen LogP contribution >= 0.6 is 0 Å². The van der Waals surface area contributed by atoms with Crippen molar-refractivity contribution in [2.24, 2.45) is 5.92 Å². The number of aliphatic hydroxyl groups is 1. The first-order valence-electron chi connectivity index (χ1n) is 11.4. The minimum Gasteiger partial charge on any atom is -0.396 e. The molecular weight excluding hydrogens is 418 g/mol. The molecule has 7 nitrogen and oxygen atoms in total. The van der Waals surface area contributed by atoms with E-state index in [4.69, 9.17) is 0 Å². The molecule has 2 heterocycles.